The van der Waals surface area contributed by atoms with Gasteiger partial charge in [-0.25, -0.2) is 9.78 Å². The number of hydrogen-bond acceptors (Lipinski definition) is 2. The molecule has 1 atom stereocenters. The largest absolute Gasteiger partial charge is 0.416 e. The van der Waals surface area contributed by atoms with Crippen molar-refractivity contribution < 1.29 is 18.0 Å². The van der Waals surface area contributed by atoms with E-state index in [0.717, 1.165) is 23.4 Å². The maximum absolute atomic E-state index is 12.9. The first-order valence-corrected chi connectivity index (χ1v) is 8.62. The maximum atomic E-state index is 12.9. The number of amides is 2. The van der Waals surface area contributed by atoms with Gasteiger partial charge in [0.15, 0.2) is 0 Å². The van der Waals surface area contributed by atoms with Gasteiger partial charge in [-0.15, -0.1) is 0 Å². The summed E-state index contributed by atoms with van der Waals surface area (Å²) in [6.45, 7) is 1.89. The summed E-state index contributed by atoms with van der Waals surface area (Å²) in [5, 5.41) is 5.40. The van der Waals surface area contributed by atoms with Gasteiger partial charge in [0.25, 0.3) is 0 Å². The van der Waals surface area contributed by atoms with E-state index in [4.69, 9.17) is 0 Å². The van der Waals surface area contributed by atoms with E-state index in [0.29, 0.717) is 5.56 Å². The fraction of sp³-hybridized carbons (Fsp3) is 0.200. The number of nitrogens with zero attached hydrogens (tertiary/aromatic N) is 2. The molecule has 0 saturated carbocycles. The number of rotatable bonds is 5. The second-order valence-electron chi connectivity index (χ2n) is 6.27. The van der Waals surface area contributed by atoms with E-state index in [-0.39, 0.29) is 6.54 Å². The number of halogens is 3. The van der Waals surface area contributed by atoms with Gasteiger partial charge in [-0.1, -0.05) is 30.3 Å². The molecule has 0 spiro atoms. The first kappa shape index (κ1) is 19.5. The van der Waals surface area contributed by atoms with Gasteiger partial charge in [-0.05, 0) is 36.2 Å². The molecule has 146 valence electrons. The molecule has 1 aromatic heterocycles. The fourth-order valence-electron chi connectivity index (χ4n) is 2.80. The zero-order chi connectivity index (χ0) is 20.1. The zero-order valence-corrected chi connectivity index (χ0v) is 15.1. The van der Waals surface area contributed by atoms with Crippen LogP contribution in [0.4, 0.5) is 18.0 Å². The second-order valence-corrected chi connectivity index (χ2v) is 6.27. The molecule has 28 heavy (non-hydrogen) atoms. The van der Waals surface area contributed by atoms with Crippen LogP contribution in [-0.2, 0) is 12.7 Å². The first-order valence-electron chi connectivity index (χ1n) is 8.62. The van der Waals surface area contributed by atoms with Crippen molar-refractivity contribution in [3.8, 4) is 5.69 Å². The minimum atomic E-state index is -4.42. The van der Waals surface area contributed by atoms with Crippen molar-refractivity contribution in [3.05, 3.63) is 83.9 Å². The average molecular weight is 388 g/mol. The number of carbonyl (C=O) groups excluding carboxylic acids is 1. The van der Waals surface area contributed by atoms with E-state index in [9.17, 15) is 18.0 Å². The van der Waals surface area contributed by atoms with Crippen molar-refractivity contribution in [3.63, 3.8) is 0 Å². The lowest BCUT2D eigenvalue weighted by Gasteiger charge is -2.17. The van der Waals surface area contributed by atoms with Crippen LogP contribution < -0.4 is 10.6 Å². The van der Waals surface area contributed by atoms with Crippen LogP contribution in [0.3, 0.4) is 0 Å². The monoisotopic (exact) mass is 388 g/mol. The van der Waals surface area contributed by atoms with Gasteiger partial charge in [0, 0.05) is 18.9 Å². The Hall–Kier alpha value is -3.29. The van der Waals surface area contributed by atoms with Crippen LogP contribution >= 0.6 is 0 Å². The van der Waals surface area contributed by atoms with E-state index >= 15 is 0 Å². The molecule has 0 bridgehead atoms. The fourth-order valence-corrected chi connectivity index (χ4v) is 2.80. The van der Waals surface area contributed by atoms with Crippen molar-refractivity contribution >= 4 is 6.03 Å². The number of nitrogens with one attached hydrogen (secondary N) is 2. The SMILES string of the molecule is CC(NC(=O)NCc1ccccc1-n1ccnc1)c1cccc(C(F)(F)F)c1. The molecule has 1 heterocycles. The molecular formula is C20H19F3N4O. The van der Waals surface area contributed by atoms with Crippen LogP contribution in [0, 0.1) is 0 Å². The third-order valence-corrected chi connectivity index (χ3v) is 4.28. The molecule has 0 aliphatic carbocycles. The Morgan fingerprint density at radius 1 is 1.18 bits per heavy atom. The third kappa shape index (κ3) is 4.70. The van der Waals surface area contributed by atoms with E-state index in [1.165, 1.54) is 6.07 Å². The minimum Gasteiger partial charge on any atom is -0.334 e. The van der Waals surface area contributed by atoms with E-state index in [1.807, 2.05) is 28.8 Å². The number of benzene rings is 2. The summed E-state index contributed by atoms with van der Waals surface area (Å²) in [6.07, 6.45) is 0.700. The summed E-state index contributed by atoms with van der Waals surface area (Å²) in [5.74, 6) is 0. The molecule has 0 saturated heterocycles. The average Bonchev–Trinajstić information content (AvgIpc) is 3.20. The molecule has 2 aromatic carbocycles. The summed E-state index contributed by atoms with van der Waals surface area (Å²) in [5.41, 5.74) is 1.39. The Labute approximate surface area is 160 Å². The van der Waals surface area contributed by atoms with Crippen LogP contribution in [-0.4, -0.2) is 15.6 Å². The summed E-state index contributed by atoms with van der Waals surface area (Å²) in [4.78, 5) is 16.2. The Balaban J connectivity index is 1.63. The molecule has 2 amide bonds. The standard InChI is InChI=1S/C20H19F3N4O/c1-14(15-6-4-7-17(11-15)20(21,22)23)26-19(28)25-12-16-5-2-3-8-18(16)27-10-9-24-13-27/h2-11,13-14H,12H2,1H3,(H2,25,26,28). The molecule has 8 heteroatoms. The number of urea groups is 1. The molecule has 3 aromatic rings. The topological polar surface area (TPSA) is 59.0 Å². The minimum absolute atomic E-state index is 0.259. The highest BCUT2D eigenvalue weighted by Gasteiger charge is 2.30. The normalized spacial score (nSPS) is 12.4. The van der Waals surface area contributed by atoms with Crippen LogP contribution in [0.25, 0.3) is 5.69 Å². The van der Waals surface area contributed by atoms with E-state index in [2.05, 4.69) is 15.6 Å². The Morgan fingerprint density at radius 2 is 1.96 bits per heavy atom. The van der Waals surface area contributed by atoms with E-state index < -0.39 is 23.8 Å². The molecule has 0 aliphatic heterocycles. The number of aromatic nitrogens is 2. The second kappa shape index (κ2) is 8.16. The van der Waals surface area contributed by atoms with E-state index in [1.54, 1.807) is 31.7 Å². The molecule has 0 fully saturated rings. The molecule has 1 unspecified atom stereocenters. The first-order chi connectivity index (χ1) is 13.3. The number of carbonyl (C=O) groups is 1. The molecule has 0 radical (unpaired) electrons. The van der Waals surface area contributed by atoms with Gasteiger partial charge in [0.05, 0.1) is 23.6 Å². The lowest BCUT2D eigenvalue weighted by Crippen LogP contribution is -2.36. The quantitative estimate of drug-likeness (QED) is 0.678. The van der Waals surface area contributed by atoms with Crippen molar-refractivity contribution in [2.24, 2.45) is 0 Å². The van der Waals surface area contributed by atoms with Crippen LogP contribution in [0.2, 0.25) is 0 Å². The predicted molar refractivity (Wildman–Crippen MR) is 98.8 cm³/mol. The van der Waals surface area contributed by atoms with Crippen LogP contribution in [0.5, 0.6) is 0 Å². The highest BCUT2D eigenvalue weighted by atomic mass is 19.4. The summed E-state index contributed by atoms with van der Waals surface area (Å²) in [6, 6.07) is 11.4. The predicted octanol–water partition coefficient (Wildman–Crippen LogP) is 4.45. The lowest BCUT2D eigenvalue weighted by molar-refractivity contribution is -0.137. The highest BCUT2D eigenvalue weighted by Crippen LogP contribution is 2.30. The van der Waals surface area contributed by atoms with Gasteiger partial charge in [0.2, 0.25) is 0 Å². The summed E-state index contributed by atoms with van der Waals surface area (Å²) >= 11 is 0. The van der Waals surface area contributed by atoms with Crippen molar-refractivity contribution in [2.75, 3.05) is 0 Å². The number of hydrogen-bond donors (Lipinski definition) is 2. The molecule has 3 rings (SSSR count). The summed E-state index contributed by atoms with van der Waals surface area (Å²) < 4.78 is 40.4. The van der Waals surface area contributed by atoms with Gasteiger partial charge >= 0.3 is 12.2 Å². The summed E-state index contributed by atoms with van der Waals surface area (Å²) in [7, 11) is 0. The lowest BCUT2D eigenvalue weighted by atomic mass is 10.1. The number of alkyl halides is 3. The van der Waals surface area contributed by atoms with Crippen molar-refractivity contribution in [1.29, 1.82) is 0 Å². The van der Waals surface area contributed by atoms with Crippen LogP contribution in [0.15, 0.2) is 67.3 Å². The molecule has 2 N–H and O–H groups in total. The molecule has 0 aliphatic rings. The van der Waals surface area contributed by atoms with Gasteiger partial charge in [-0.2, -0.15) is 13.2 Å². The zero-order valence-electron chi connectivity index (χ0n) is 15.1. The molecule has 5 nitrogen and oxygen atoms in total. The van der Waals surface area contributed by atoms with Gasteiger partial charge in [-0.3, -0.25) is 0 Å². The Bertz CT molecular complexity index is 939. The number of imidazole rings is 1. The molecular weight excluding hydrogens is 369 g/mol. The highest BCUT2D eigenvalue weighted by molar-refractivity contribution is 5.74. The Morgan fingerprint density at radius 3 is 2.68 bits per heavy atom. The maximum Gasteiger partial charge on any atom is 0.416 e. The number of para-hydroxylation sites is 1. The third-order valence-electron chi connectivity index (χ3n) is 4.28. The van der Waals surface area contributed by atoms with Crippen LogP contribution in [0.1, 0.15) is 29.7 Å². The van der Waals surface area contributed by atoms with Crippen molar-refractivity contribution in [2.45, 2.75) is 25.7 Å². The Kier molecular flexibility index (Phi) is 5.67. The smallest absolute Gasteiger partial charge is 0.334 e. The van der Waals surface area contributed by atoms with Gasteiger partial charge in [0.1, 0.15) is 0 Å². The van der Waals surface area contributed by atoms with Crippen molar-refractivity contribution in [1.82, 2.24) is 20.2 Å². The van der Waals surface area contributed by atoms with Gasteiger partial charge < -0.3 is 15.2 Å².